The predicted octanol–water partition coefficient (Wildman–Crippen LogP) is 5.88. The Bertz CT molecular complexity index is 796. The summed E-state index contributed by atoms with van der Waals surface area (Å²) in [7, 11) is 0. The standard InChI is InChI=1S/C22H20Cl2N2/c23-18-10-6-16(7-11-18)22(17-8-12-19(24)13-9-17)26-14-21(15-26)25-20-4-2-1-3-5-20/h1-13,21-22,25H,14-15H2. The molecule has 1 fully saturated rings. The van der Waals surface area contributed by atoms with Crippen molar-refractivity contribution < 1.29 is 0 Å². The minimum absolute atomic E-state index is 0.207. The first-order valence-electron chi connectivity index (χ1n) is 8.75. The van der Waals surface area contributed by atoms with E-state index in [1.165, 1.54) is 16.8 Å². The van der Waals surface area contributed by atoms with Gasteiger partial charge in [0, 0.05) is 28.8 Å². The maximum atomic E-state index is 6.08. The number of hydrogen-bond donors (Lipinski definition) is 1. The van der Waals surface area contributed by atoms with Crippen LogP contribution in [-0.4, -0.2) is 24.0 Å². The van der Waals surface area contributed by atoms with Gasteiger partial charge >= 0.3 is 0 Å². The van der Waals surface area contributed by atoms with Crippen molar-refractivity contribution in [2.24, 2.45) is 0 Å². The van der Waals surface area contributed by atoms with E-state index in [0.29, 0.717) is 6.04 Å². The smallest absolute Gasteiger partial charge is 0.0603 e. The van der Waals surface area contributed by atoms with Gasteiger partial charge in [0.15, 0.2) is 0 Å². The van der Waals surface area contributed by atoms with Gasteiger partial charge in [-0.3, -0.25) is 4.90 Å². The number of rotatable bonds is 5. The van der Waals surface area contributed by atoms with Crippen LogP contribution in [0.2, 0.25) is 10.0 Å². The Morgan fingerprint density at radius 1 is 0.731 bits per heavy atom. The average Bonchev–Trinajstić information content (AvgIpc) is 2.63. The van der Waals surface area contributed by atoms with Gasteiger partial charge in [-0.2, -0.15) is 0 Å². The largest absolute Gasteiger partial charge is 0.380 e. The first kappa shape index (κ1) is 17.4. The molecule has 0 aromatic heterocycles. The van der Waals surface area contributed by atoms with Gasteiger partial charge in [-0.1, -0.05) is 65.7 Å². The fourth-order valence-corrected chi connectivity index (χ4v) is 3.74. The average molecular weight is 383 g/mol. The van der Waals surface area contributed by atoms with Crippen LogP contribution >= 0.6 is 23.2 Å². The minimum atomic E-state index is 0.207. The SMILES string of the molecule is Clc1ccc(C(c2ccc(Cl)cc2)N2CC(Nc3ccccc3)C2)cc1. The van der Waals surface area contributed by atoms with Crippen LogP contribution in [-0.2, 0) is 0 Å². The first-order valence-corrected chi connectivity index (χ1v) is 9.51. The lowest BCUT2D eigenvalue weighted by Crippen LogP contribution is -2.55. The van der Waals surface area contributed by atoms with Crippen LogP contribution in [0.1, 0.15) is 17.2 Å². The van der Waals surface area contributed by atoms with Crippen LogP contribution in [0.5, 0.6) is 0 Å². The van der Waals surface area contributed by atoms with E-state index in [-0.39, 0.29) is 6.04 Å². The van der Waals surface area contributed by atoms with E-state index in [1.54, 1.807) is 0 Å². The Morgan fingerprint density at radius 2 is 1.23 bits per heavy atom. The van der Waals surface area contributed by atoms with E-state index < -0.39 is 0 Å². The molecule has 1 N–H and O–H groups in total. The van der Waals surface area contributed by atoms with Gasteiger partial charge in [0.25, 0.3) is 0 Å². The molecule has 0 spiro atoms. The second kappa shape index (κ2) is 7.71. The monoisotopic (exact) mass is 382 g/mol. The fraction of sp³-hybridized carbons (Fsp3) is 0.182. The normalized spacial score (nSPS) is 15.0. The Morgan fingerprint density at radius 3 is 1.73 bits per heavy atom. The third kappa shape index (κ3) is 3.88. The molecule has 1 aliphatic heterocycles. The Labute approximate surface area is 164 Å². The summed E-state index contributed by atoms with van der Waals surface area (Å²) in [6.07, 6.45) is 0. The molecule has 132 valence electrons. The summed E-state index contributed by atoms with van der Waals surface area (Å²) in [6.45, 7) is 1.98. The summed E-state index contributed by atoms with van der Waals surface area (Å²) in [6, 6.07) is 27.3. The molecule has 3 aromatic rings. The highest BCUT2D eigenvalue weighted by Crippen LogP contribution is 2.34. The van der Waals surface area contributed by atoms with Gasteiger partial charge in [0.05, 0.1) is 12.1 Å². The maximum absolute atomic E-state index is 6.08. The zero-order chi connectivity index (χ0) is 17.9. The third-order valence-corrected chi connectivity index (χ3v) is 5.29. The van der Waals surface area contributed by atoms with Crippen molar-refractivity contribution in [3.63, 3.8) is 0 Å². The molecular weight excluding hydrogens is 363 g/mol. The molecule has 2 nitrogen and oxygen atoms in total. The lowest BCUT2D eigenvalue weighted by molar-refractivity contribution is 0.123. The molecule has 1 heterocycles. The lowest BCUT2D eigenvalue weighted by atomic mass is 9.93. The number of benzene rings is 3. The Hall–Kier alpha value is -2.00. The zero-order valence-corrected chi connectivity index (χ0v) is 15.8. The summed E-state index contributed by atoms with van der Waals surface area (Å²) >= 11 is 12.2. The van der Waals surface area contributed by atoms with Gasteiger partial charge in [-0.15, -0.1) is 0 Å². The third-order valence-electron chi connectivity index (χ3n) is 4.79. The topological polar surface area (TPSA) is 15.3 Å². The maximum Gasteiger partial charge on any atom is 0.0603 e. The number of nitrogens with zero attached hydrogens (tertiary/aromatic N) is 1. The summed E-state index contributed by atoms with van der Waals surface area (Å²) in [5.74, 6) is 0. The zero-order valence-electron chi connectivity index (χ0n) is 14.3. The van der Waals surface area contributed by atoms with Crippen molar-refractivity contribution in [3.05, 3.63) is 100 Å². The van der Waals surface area contributed by atoms with Crippen LogP contribution in [0.4, 0.5) is 5.69 Å². The van der Waals surface area contributed by atoms with Crippen molar-refractivity contribution >= 4 is 28.9 Å². The Balaban J connectivity index is 1.52. The highest BCUT2D eigenvalue weighted by atomic mass is 35.5. The van der Waals surface area contributed by atoms with Crippen molar-refractivity contribution in [1.29, 1.82) is 0 Å². The van der Waals surface area contributed by atoms with E-state index in [9.17, 15) is 0 Å². The van der Waals surface area contributed by atoms with Crippen LogP contribution in [0, 0.1) is 0 Å². The van der Waals surface area contributed by atoms with Gasteiger partial charge < -0.3 is 5.32 Å². The van der Waals surface area contributed by atoms with Crippen molar-refractivity contribution in [2.45, 2.75) is 12.1 Å². The number of hydrogen-bond acceptors (Lipinski definition) is 2. The molecule has 0 bridgehead atoms. The number of nitrogens with one attached hydrogen (secondary N) is 1. The quantitative estimate of drug-likeness (QED) is 0.592. The molecule has 0 saturated carbocycles. The fourth-order valence-electron chi connectivity index (χ4n) is 3.49. The van der Waals surface area contributed by atoms with E-state index >= 15 is 0 Å². The van der Waals surface area contributed by atoms with Crippen LogP contribution < -0.4 is 5.32 Å². The summed E-state index contributed by atoms with van der Waals surface area (Å²) < 4.78 is 0. The Kier molecular flexibility index (Phi) is 5.16. The van der Waals surface area contributed by atoms with E-state index in [4.69, 9.17) is 23.2 Å². The summed E-state index contributed by atoms with van der Waals surface area (Å²) in [5.41, 5.74) is 3.66. The van der Waals surface area contributed by atoms with E-state index in [1.807, 2.05) is 30.3 Å². The highest BCUT2D eigenvalue weighted by molar-refractivity contribution is 6.30. The predicted molar refractivity (Wildman–Crippen MR) is 110 cm³/mol. The molecule has 4 heteroatoms. The van der Waals surface area contributed by atoms with Crippen molar-refractivity contribution in [2.75, 3.05) is 18.4 Å². The second-order valence-corrected chi connectivity index (χ2v) is 7.54. The molecule has 0 amide bonds. The van der Waals surface area contributed by atoms with Gasteiger partial charge in [0.1, 0.15) is 0 Å². The van der Waals surface area contributed by atoms with Crippen molar-refractivity contribution in [3.8, 4) is 0 Å². The molecule has 1 aliphatic rings. The lowest BCUT2D eigenvalue weighted by Gasteiger charge is -2.45. The van der Waals surface area contributed by atoms with Gasteiger partial charge in [-0.05, 0) is 47.5 Å². The molecule has 26 heavy (non-hydrogen) atoms. The van der Waals surface area contributed by atoms with E-state index in [2.05, 4.69) is 58.7 Å². The molecule has 3 aromatic carbocycles. The number of likely N-dealkylation sites (tertiary alicyclic amines) is 1. The molecule has 0 radical (unpaired) electrons. The number of halogens is 2. The highest BCUT2D eigenvalue weighted by Gasteiger charge is 2.34. The van der Waals surface area contributed by atoms with Gasteiger partial charge in [-0.25, -0.2) is 0 Å². The molecule has 0 atom stereocenters. The molecule has 1 saturated heterocycles. The number of anilines is 1. The van der Waals surface area contributed by atoms with Crippen molar-refractivity contribution in [1.82, 2.24) is 4.90 Å². The molecule has 0 unspecified atom stereocenters. The minimum Gasteiger partial charge on any atom is -0.380 e. The first-order chi connectivity index (χ1) is 12.7. The van der Waals surface area contributed by atoms with Crippen LogP contribution in [0.25, 0.3) is 0 Å². The second-order valence-electron chi connectivity index (χ2n) is 6.67. The van der Waals surface area contributed by atoms with Crippen LogP contribution in [0.15, 0.2) is 78.9 Å². The molecule has 4 rings (SSSR count). The number of para-hydroxylation sites is 1. The summed E-state index contributed by atoms with van der Waals surface area (Å²) in [5, 5.41) is 5.12. The van der Waals surface area contributed by atoms with Gasteiger partial charge in [0.2, 0.25) is 0 Å². The molecule has 0 aliphatic carbocycles. The van der Waals surface area contributed by atoms with E-state index in [0.717, 1.165) is 23.1 Å². The van der Waals surface area contributed by atoms with Crippen LogP contribution in [0.3, 0.4) is 0 Å². The molecular formula is C22H20Cl2N2. The summed E-state index contributed by atoms with van der Waals surface area (Å²) in [4.78, 5) is 2.48.